The van der Waals surface area contributed by atoms with E-state index in [1.54, 1.807) is 0 Å². The van der Waals surface area contributed by atoms with Crippen LogP contribution in [0.3, 0.4) is 0 Å². The summed E-state index contributed by atoms with van der Waals surface area (Å²) in [5.74, 6) is 0.793. The van der Waals surface area contributed by atoms with Gasteiger partial charge in [-0.15, -0.1) is 0 Å². The lowest BCUT2D eigenvalue weighted by atomic mass is 9.92. The monoisotopic (exact) mass is 199 g/mol. The molecule has 0 saturated heterocycles. The van der Waals surface area contributed by atoms with Crippen molar-refractivity contribution in [3.63, 3.8) is 0 Å². The fourth-order valence-electron chi connectivity index (χ4n) is 1.62. The zero-order valence-corrected chi connectivity index (χ0v) is 11.1. The van der Waals surface area contributed by atoms with Crippen LogP contribution in [0.25, 0.3) is 0 Å². The predicted molar refractivity (Wildman–Crippen MR) is 65.6 cm³/mol. The lowest BCUT2D eigenvalue weighted by Crippen LogP contribution is -2.31. The van der Waals surface area contributed by atoms with Gasteiger partial charge in [-0.2, -0.15) is 0 Å². The third-order valence-corrected chi connectivity index (χ3v) is 2.34. The maximum Gasteiger partial charge on any atom is 0.000438 e. The predicted octanol–water partition coefficient (Wildman–Crippen LogP) is 3.79. The Balaban J connectivity index is 3.84. The van der Waals surface area contributed by atoms with E-state index in [0.717, 1.165) is 5.92 Å². The Hall–Kier alpha value is -0.0400. The molecule has 1 heteroatoms. The molecule has 0 heterocycles. The molecule has 0 amide bonds. The molecular weight excluding hydrogens is 170 g/mol. The smallest absolute Gasteiger partial charge is 0.000438 e. The van der Waals surface area contributed by atoms with Crippen LogP contribution >= 0.6 is 0 Å². The fraction of sp³-hybridized carbons (Fsp3) is 1.00. The van der Waals surface area contributed by atoms with Gasteiger partial charge in [0.15, 0.2) is 0 Å². The van der Waals surface area contributed by atoms with Gasteiger partial charge in [0.05, 0.1) is 0 Å². The first-order valence-electron chi connectivity index (χ1n) is 6.07. The molecule has 0 aliphatic carbocycles. The summed E-state index contributed by atoms with van der Waals surface area (Å²) in [6, 6.07) is 0. The zero-order chi connectivity index (χ0) is 11.2. The molecule has 14 heavy (non-hydrogen) atoms. The van der Waals surface area contributed by atoms with Crippen LogP contribution in [0.4, 0.5) is 0 Å². The molecule has 0 aromatic rings. The summed E-state index contributed by atoms with van der Waals surface area (Å²) in [5, 5.41) is 0. The molecule has 0 radical (unpaired) electrons. The number of nitrogens with zero attached hydrogens (tertiary/aromatic N) is 1. The molecule has 0 bridgehead atoms. The highest BCUT2D eigenvalue weighted by Gasteiger charge is 2.13. The maximum absolute atomic E-state index is 2.61. The maximum atomic E-state index is 2.61. The van der Waals surface area contributed by atoms with E-state index in [-0.39, 0.29) is 0 Å². The van der Waals surface area contributed by atoms with Gasteiger partial charge in [0.2, 0.25) is 0 Å². The van der Waals surface area contributed by atoms with E-state index in [1.165, 1.54) is 32.5 Å². The van der Waals surface area contributed by atoms with Gasteiger partial charge in [-0.05, 0) is 37.3 Å². The lowest BCUT2D eigenvalue weighted by Gasteiger charge is -2.27. The second-order valence-corrected chi connectivity index (χ2v) is 6.01. The number of hydrogen-bond acceptors (Lipinski definition) is 1. The van der Waals surface area contributed by atoms with Crippen molar-refractivity contribution in [3.8, 4) is 0 Å². The van der Waals surface area contributed by atoms with Crippen LogP contribution in [-0.4, -0.2) is 24.5 Å². The third kappa shape index (κ3) is 8.55. The van der Waals surface area contributed by atoms with E-state index in [0.29, 0.717) is 5.41 Å². The van der Waals surface area contributed by atoms with Crippen LogP contribution in [0.2, 0.25) is 0 Å². The molecule has 0 fully saturated rings. The summed E-state index contributed by atoms with van der Waals surface area (Å²) in [6.07, 6.45) is 2.58. The molecule has 0 aliphatic rings. The van der Waals surface area contributed by atoms with Crippen molar-refractivity contribution in [2.45, 2.75) is 54.4 Å². The van der Waals surface area contributed by atoms with E-state index in [1.807, 2.05) is 0 Å². The standard InChI is InChI=1S/C13H29N/c1-7-9-14(11-12(2)3)10-8-13(4,5)6/h12H,7-11H2,1-6H3. The minimum absolute atomic E-state index is 0.475. The van der Waals surface area contributed by atoms with Gasteiger partial charge < -0.3 is 4.90 Å². The molecule has 1 nitrogen and oxygen atoms in total. The Kier molecular flexibility index (Phi) is 6.43. The molecule has 0 N–H and O–H groups in total. The highest BCUT2D eigenvalue weighted by atomic mass is 15.1. The molecule has 0 aromatic carbocycles. The highest BCUT2D eigenvalue weighted by molar-refractivity contribution is 4.67. The SMILES string of the molecule is CCCN(CCC(C)(C)C)CC(C)C. The normalized spacial score (nSPS) is 12.9. The van der Waals surface area contributed by atoms with Crippen LogP contribution in [0, 0.1) is 11.3 Å². The third-order valence-electron chi connectivity index (χ3n) is 2.34. The summed E-state index contributed by atoms with van der Waals surface area (Å²) in [6.45, 7) is 17.6. The summed E-state index contributed by atoms with van der Waals surface area (Å²) >= 11 is 0. The van der Waals surface area contributed by atoms with Crippen LogP contribution in [-0.2, 0) is 0 Å². The molecule has 86 valence electrons. The highest BCUT2D eigenvalue weighted by Crippen LogP contribution is 2.19. The van der Waals surface area contributed by atoms with Crippen molar-refractivity contribution >= 4 is 0 Å². The van der Waals surface area contributed by atoms with Crippen molar-refractivity contribution in [2.24, 2.45) is 11.3 Å². The fourth-order valence-corrected chi connectivity index (χ4v) is 1.62. The molecule has 0 saturated carbocycles. The van der Waals surface area contributed by atoms with Gasteiger partial charge >= 0.3 is 0 Å². The second kappa shape index (κ2) is 6.44. The average Bonchev–Trinajstić information content (AvgIpc) is 1.98. The van der Waals surface area contributed by atoms with Gasteiger partial charge in [-0.3, -0.25) is 0 Å². The first-order valence-corrected chi connectivity index (χ1v) is 6.07. The van der Waals surface area contributed by atoms with E-state index in [2.05, 4.69) is 46.4 Å². The zero-order valence-electron chi connectivity index (χ0n) is 11.1. The van der Waals surface area contributed by atoms with Gasteiger partial charge in [-0.25, -0.2) is 0 Å². The van der Waals surface area contributed by atoms with Gasteiger partial charge in [0.25, 0.3) is 0 Å². The molecule has 0 unspecified atom stereocenters. The average molecular weight is 199 g/mol. The van der Waals surface area contributed by atoms with Crippen molar-refractivity contribution in [1.29, 1.82) is 0 Å². The van der Waals surface area contributed by atoms with Crippen LogP contribution in [0.15, 0.2) is 0 Å². The lowest BCUT2D eigenvalue weighted by molar-refractivity contribution is 0.208. The quantitative estimate of drug-likeness (QED) is 0.629. The summed E-state index contributed by atoms with van der Waals surface area (Å²) in [5.41, 5.74) is 0.475. The van der Waals surface area contributed by atoms with Gasteiger partial charge in [-0.1, -0.05) is 41.5 Å². The van der Waals surface area contributed by atoms with Crippen molar-refractivity contribution in [1.82, 2.24) is 4.90 Å². The second-order valence-electron chi connectivity index (χ2n) is 6.01. The first kappa shape index (κ1) is 14.0. The minimum Gasteiger partial charge on any atom is -0.303 e. The van der Waals surface area contributed by atoms with Crippen LogP contribution in [0.5, 0.6) is 0 Å². The Bertz CT molecular complexity index is 133. The Morgan fingerprint density at radius 2 is 1.64 bits per heavy atom. The Morgan fingerprint density at radius 3 is 2.00 bits per heavy atom. The van der Waals surface area contributed by atoms with Crippen molar-refractivity contribution < 1.29 is 0 Å². The van der Waals surface area contributed by atoms with E-state index < -0.39 is 0 Å². The molecule has 0 spiro atoms. The number of rotatable bonds is 6. The molecular formula is C13H29N. The largest absolute Gasteiger partial charge is 0.303 e. The van der Waals surface area contributed by atoms with E-state index in [9.17, 15) is 0 Å². The van der Waals surface area contributed by atoms with Gasteiger partial charge in [0.1, 0.15) is 0 Å². The topological polar surface area (TPSA) is 3.24 Å². The van der Waals surface area contributed by atoms with E-state index >= 15 is 0 Å². The molecule has 0 aromatic heterocycles. The minimum atomic E-state index is 0.475. The van der Waals surface area contributed by atoms with Crippen molar-refractivity contribution in [2.75, 3.05) is 19.6 Å². The van der Waals surface area contributed by atoms with Gasteiger partial charge in [0, 0.05) is 6.54 Å². The van der Waals surface area contributed by atoms with E-state index in [4.69, 9.17) is 0 Å². The van der Waals surface area contributed by atoms with Crippen molar-refractivity contribution in [3.05, 3.63) is 0 Å². The summed E-state index contributed by atoms with van der Waals surface area (Å²) in [4.78, 5) is 2.61. The van der Waals surface area contributed by atoms with Crippen LogP contribution < -0.4 is 0 Å². The molecule has 0 aliphatic heterocycles. The summed E-state index contributed by atoms with van der Waals surface area (Å²) < 4.78 is 0. The summed E-state index contributed by atoms with van der Waals surface area (Å²) in [7, 11) is 0. The Labute approximate surface area is 90.9 Å². The first-order chi connectivity index (χ1) is 6.35. The molecule has 0 atom stereocenters. The molecule has 0 rings (SSSR count). The Morgan fingerprint density at radius 1 is 1.07 bits per heavy atom. The van der Waals surface area contributed by atoms with Crippen LogP contribution in [0.1, 0.15) is 54.4 Å². The number of hydrogen-bond donors (Lipinski definition) is 0.